The molecule has 1 saturated carbocycles. The number of thiophene rings is 1. The van der Waals surface area contributed by atoms with Crippen LogP contribution in [0.15, 0.2) is 36.4 Å². The fourth-order valence-electron chi connectivity index (χ4n) is 3.16. The molecule has 2 aromatic rings. The van der Waals surface area contributed by atoms with Gasteiger partial charge in [0.2, 0.25) is 0 Å². The van der Waals surface area contributed by atoms with Gasteiger partial charge in [0, 0.05) is 4.88 Å². The van der Waals surface area contributed by atoms with E-state index >= 15 is 0 Å². The molecule has 0 amide bonds. The summed E-state index contributed by atoms with van der Waals surface area (Å²) in [6.07, 6.45) is 0.732. The molecule has 1 aromatic heterocycles. The molecule has 0 N–H and O–H groups in total. The predicted octanol–water partition coefficient (Wildman–Crippen LogP) is 6.73. The summed E-state index contributed by atoms with van der Waals surface area (Å²) in [7, 11) is 0. The van der Waals surface area contributed by atoms with Crippen molar-refractivity contribution in [2.24, 2.45) is 5.92 Å². The van der Waals surface area contributed by atoms with E-state index in [9.17, 15) is 13.2 Å². The molecular weight excluding hydrogens is 305 g/mol. The summed E-state index contributed by atoms with van der Waals surface area (Å²) in [5.41, 5.74) is 2.19. The molecule has 3 rings (SSSR count). The van der Waals surface area contributed by atoms with Gasteiger partial charge in [0.15, 0.2) is 0 Å². The first kappa shape index (κ1) is 15.6. The Morgan fingerprint density at radius 1 is 0.909 bits per heavy atom. The Balaban J connectivity index is 1.75. The highest BCUT2D eigenvalue weighted by Gasteiger charge is 2.32. The fourth-order valence-corrected chi connectivity index (χ4v) is 4.04. The SMILES string of the molecule is CC1CCC(c2ccc(-c3ccc(C(F)(F)F)s3)cc2)CC1. The number of hydrogen-bond donors (Lipinski definition) is 0. The number of halogens is 3. The van der Waals surface area contributed by atoms with Crippen LogP contribution in [0.4, 0.5) is 13.2 Å². The minimum atomic E-state index is -4.25. The third-order valence-electron chi connectivity index (χ3n) is 4.57. The van der Waals surface area contributed by atoms with E-state index in [1.165, 1.54) is 31.2 Å². The molecule has 0 aliphatic heterocycles. The van der Waals surface area contributed by atoms with Crippen molar-refractivity contribution in [1.29, 1.82) is 0 Å². The van der Waals surface area contributed by atoms with E-state index in [4.69, 9.17) is 0 Å². The standard InChI is InChI=1S/C18H19F3S/c1-12-2-4-13(5-3-12)14-6-8-15(9-7-14)16-10-11-17(22-16)18(19,20)21/h6-13H,2-5H2,1H3. The molecule has 1 aromatic carbocycles. The Bertz CT molecular complexity index is 617. The zero-order chi connectivity index (χ0) is 15.7. The van der Waals surface area contributed by atoms with Crippen LogP contribution in [0.5, 0.6) is 0 Å². The van der Waals surface area contributed by atoms with Crippen LogP contribution >= 0.6 is 11.3 Å². The highest BCUT2D eigenvalue weighted by atomic mass is 32.1. The molecule has 118 valence electrons. The molecular formula is C18H19F3S. The summed E-state index contributed by atoms with van der Waals surface area (Å²) in [6.45, 7) is 2.30. The van der Waals surface area contributed by atoms with E-state index in [1.807, 2.05) is 12.1 Å². The van der Waals surface area contributed by atoms with E-state index < -0.39 is 11.1 Å². The summed E-state index contributed by atoms with van der Waals surface area (Å²) in [5.74, 6) is 1.43. The van der Waals surface area contributed by atoms with E-state index in [0.29, 0.717) is 10.8 Å². The van der Waals surface area contributed by atoms with Gasteiger partial charge in [0.25, 0.3) is 0 Å². The van der Waals surface area contributed by atoms with Crippen LogP contribution in [0.2, 0.25) is 0 Å². The normalized spacial score (nSPS) is 22.7. The van der Waals surface area contributed by atoms with Crippen molar-refractivity contribution < 1.29 is 13.2 Å². The molecule has 22 heavy (non-hydrogen) atoms. The van der Waals surface area contributed by atoms with Gasteiger partial charge >= 0.3 is 6.18 Å². The van der Waals surface area contributed by atoms with Crippen LogP contribution in [0.25, 0.3) is 10.4 Å². The maximum atomic E-state index is 12.7. The van der Waals surface area contributed by atoms with E-state index in [1.54, 1.807) is 6.07 Å². The second kappa shape index (κ2) is 6.07. The molecule has 0 atom stereocenters. The third kappa shape index (κ3) is 3.37. The Kier molecular flexibility index (Phi) is 4.31. The minimum absolute atomic E-state index is 0.534. The molecule has 1 fully saturated rings. The largest absolute Gasteiger partial charge is 0.425 e. The van der Waals surface area contributed by atoms with Gasteiger partial charge in [-0.05, 0) is 47.9 Å². The fraction of sp³-hybridized carbons (Fsp3) is 0.444. The summed E-state index contributed by atoms with van der Waals surface area (Å²) in [4.78, 5) is 0.143. The van der Waals surface area contributed by atoms with Crippen molar-refractivity contribution in [2.45, 2.75) is 44.7 Å². The lowest BCUT2D eigenvalue weighted by Gasteiger charge is -2.26. The lowest BCUT2D eigenvalue weighted by molar-refractivity contribution is -0.134. The van der Waals surface area contributed by atoms with E-state index in [-0.39, 0.29) is 0 Å². The minimum Gasteiger partial charge on any atom is -0.165 e. The first-order chi connectivity index (χ1) is 10.4. The molecule has 0 unspecified atom stereocenters. The Labute approximate surface area is 133 Å². The van der Waals surface area contributed by atoms with E-state index in [2.05, 4.69) is 19.1 Å². The van der Waals surface area contributed by atoms with Crippen LogP contribution in [-0.2, 0) is 6.18 Å². The zero-order valence-electron chi connectivity index (χ0n) is 12.5. The van der Waals surface area contributed by atoms with Gasteiger partial charge in [-0.15, -0.1) is 11.3 Å². The molecule has 0 saturated heterocycles. The molecule has 0 spiro atoms. The van der Waals surface area contributed by atoms with Gasteiger partial charge < -0.3 is 0 Å². The van der Waals surface area contributed by atoms with Crippen molar-refractivity contribution in [3.8, 4) is 10.4 Å². The van der Waals surface area contributed by atoms with E-state index in [0.717, 1.165) is 28.9 Å². The number of hydrogen-bond acceptors (Lipinski definition) is 1. The van der Waals surface area contributed by atoms with Crippen LogP contribution in [0.3, 0.4) is 0 Å². The van der Waals surface area contributed by atoms with Gasteiger partial charge in [-0.25, -0.2) is 0 Å². The average molecular weight is 324 g/mol. The van der Waals surface area contributed by atoms with Crippen molar-refractivity contribution >= 4 is 11.3 Å². The summed E-state index contributed by atoms with van der Waals surface area (Å²) in [5, 5.41) is 0. The second-order valence-electron chi connectivity index (χ2n) is 6.24. The number of rotatable bonds is 2. The maximum absolute atomic E-state index is 12.7. The highest BCUT2D eigenvalue weighted by Crippen LogP contribution is 2.39. The lowest BCUT2D eigenvalue weighted by Crippen LogP contribution is -2.10. The molecule has 0 bridgehead atoms. The Morgan fingerprint density at radius 2 is 1.55 bits per heavy atom. The molecule has 4 heteroatoms. The van der Waals surface area contributed by atoms with Crippen molar-refractivity contribution in [3.05, 3.63) is 46.8 Å². The summed E-state index contributed by atoms with van der Waals surface area (Å²) >= 11 is 0.810. The Hall–Kier alpha value is -1.29. The van der Waals surface area contributed by atoms with Gasteiger partial charge in [-0.3, -0.25) is 0 Å². The monoisotopic (exact) mass is 324 g/mol. The maximum Gasteiger partial charge on any atom is 0.425 e. The van der Waals surface area contributed by atoms with Crippen molar-refractivity contribution in [1.82, 2.24) is 0 Å². The number of alkyl halides is 3. The molecule has 0 nitrogen and oxygen atoms in total. The molecule has 1 aliphatic carbocycles. The van der Waals surface area contributed by atoms with Gasteiger partial charge in [-0.1, -0.05) is 44.0 Å². The van der Waals surface area contributed by atoms with Crippen LogP contribution in [-0.4, -0.2) is 0 Å². The quantitative estimate of drug-likeness (QED) is 0.574. The summed E-state index contributed by atoms with van der Waals surface area (Å²) < 4.78 is 38.0. The van der Waals surface area contributed by atoms with Crippen LogP contribution < -0.4 is 0 Å². The first-order valence-electron chi connectivity index (χ1n) is 7.71. The van der Waals surface area contributed by atoms with Crippen LogP contribution in [0.1, 0.15) is 49.0 Å². The molecule has 0 radical (unpaired) electrons. The highest BCUT2D eigenvalue weighted by molar-refractivity contribution is 7.15. The van der Waals surface area contributed by atoms with Gasteiger partial charge in [0.1, 0.15) is 4.88 Å². The third-order valence-corrected chi connectivity index (χ3v) is 5.75. The molecule has 1 heterocycles. The molecule has 1 aliphatic rings. The van der Waals surface area contributed by atoms with Crippen molar-refractivity contribution in [2.75, 3.05) is 0 Å². The van der Waals surface area contributed by atoms with Gasteiger partial charge in [-0.2, -0.15) is 13.2 Å². The lowest BCUT2D eigenvalue weighted by atomic mass is 9.79. The van der Waals surface area contributed by atoms with Crippen LogP contribution in [0, 0.1) is 5.92 Å². The Morgan fingerprint density at radius 3 is 2.09 bits per heavy atom. The summed E-state index contributed by atoms with van der Waals surface area (Å²) in [6, 6.07) is 10.8. The van der Waals surface area contributed by atoms with Crippen molar-refractivity contribution in [3.63, 3.8) is 0 Å². The predicted molar refractivity (Wildman–Crippen MR) is 85.1 cm³/mol. The van der Waals surface area contributed by atoms with Gasteiger partial charge in [0.05, 0.1) is 0 Å². The topological polar surface area (TPSA) is 0 Å². The first-order valence-corrected chi connectivity index (χ1v) is 8.52. The number of benzene rings is 1. The second-order valence-corrected chi connectivity index (χ2v) is 7.32. The zero-order valence-corrected chi connectivity index (χ0v) is 13.3. The smallest absolute Gasteiger partial charge is 0.165 e. The average Bonchev–Trinajstić information content (AvgIpc) is 2.98.